The van der Waals surface area contributed by atoms with Crippen LogP contribution in [0.2, 0.25) is 0 Å². The molecule has 116 heavy (non-hydrogen) atoms. The Balaban J connectivity index is 0.000000172. The second-order valence-corrected chi connectivity index (χ2v) is 39.1. The van der Waals surface area contributed by atoms with Crippen molar-refractivity contribution < 1.29 is 57.5 Å². The Hall–Kier alpha value is -10.1. The highest BCUT2D eigenvalue weighted by Crippen LogP contribution is 2.43. The number of benzene rings is 2. The van der Waals surface area contributed by atoms with Crippen LogP contribution in [-0.2, 0) is 56.4 Å². The smallest absolute Gasteiger partial charge is 0.282 e. The van der Waals surface area contributed by atoms with Gasteiger partial charge in [0.05, 0.1) is 47.9 Å². The van der Waals surface area contributed by atoms with Crippen molar-refractivity contribution in [3.8, 4) is 22.4 Å². The molecule has 4 saturated heterocycles. The van der Waals surface area contributed by atoms with Crippen LogP contribution in [0.5, 0.6) is 0 Å². The predicted octanol–water partition coefficient (Wildman–Crippen LogP) is 10.3. The number of anilines is 6. The molecule has 1 unspecified atom stereocenters. The van der Waals surface area contributed by atoms with E-state index >= 15 is 0 Å². The third kappa shape index (κ3) is 20.1. The third-order valence-electron chi connectivity index (χ3n) is 21.4. The number of nitrogen functional groups attached to an aromatic ring is 3. The molecule has 0 radical (unpaired) electrons. The molecule has 3 atom stereocenters. The number of nitrogens with zero attached hydrogens (tertiary/aromatic N) is 11. The Labute approximate surface area is 680 Å². The van der Waals surface area contributed by atoms with E-state index in [-0.39, 0.29) is 72.3 Å². The van der Waals surface area contributed by atoms with E-state index in [1.165, 1.54) is 59.0 Å². The van der Waals surface area contributed by atoms with E-state index in [0.717, 1.165) is 77.6 Å². The van der Waals surface area contributed by atoms with Gasteiger partial charge >= 0.3 is 0 Å². The molecule has 5 aliphatic heterocycles. The van der Waals surface area contributed by atoms with Gasteiger partial charge in [-0.1, -0.05) is 81.8 Å². The van der Waals surface area contributed by atoms with Crippen molar-refractivity contribution >= 4 is 98.5 Å². The SMILES string of the molecule is COCCOCc1cccc(-c2cnc(N3CC(C)CC3(C)C)c(C(=O)NS(=O)(=O)c3cccc(N)n3)c2)c1.C[C@@H]1CN(c2nc(C3=CCCN(S(=O)(=O)N4CCCCC4)C3)ccc2C(=O)NS(=O)(=O)c2cccc(N)n2)C(C)(C)C1.Cc1cccc(-c2ccc(C(=O)NS(=O)(=O)c3cccnc3N)c(N3C[C@@H](C)CC3(C)C)n2)c1C. The van der Waals surface area contributed by atoms with Gasteiger partial charge in [-0.25, -0.2) is 52.5 Å². The Bertz CT molecular complexity index is 5510. The van der Waals surface area contributed by atoms with Gasteiger partial charge in [0.2, 0.25) is 0 Å². The van der Waals surface area contributed by atoms with Crippen LogP contribution in [0.25, 0.3) is 28.0 Å². The number of nitrogens with one attached hydrogen (secondary N) is 3. The average Bonchev–Trinajstić information content (AvgIpc) is 1.54. The number of aryl methyl sites for hydroxylation is 1. The van der Waals surface area contributed by atoms with Crippen molar-refractivity contribution in [2.45, 2.75) is 159 Å². The lowest BCUT2D eigenvalue weighted by Gasteiger charge is -2.35. The number of hydrogen-bond acceptors (Lipinski definition) is 25. The largest absolute Gasteiger partial charge is 0.384 e. The quantitative estimate of drug-likeness (QED) is 0.0343. The molecule has 3 amide bonds. The van der Waals surface area contributed by atoms with E-state index in [0.29, 0.717) is 112 Å². The zero-order chi connectivity index (χ0) is 84.0. The maximum atomic E-state index is 13.6. The molecular formula is C82H105N17O13S4. The summed E-state index contributed by atoms with van der Waals surface area (Å²) in [5.41, 5.74) is 24.3. The third-order valence-corrected chi connectivity index (χ3v) is 27.2. The van der Waals surface area contributed by atoms with Crippen molar-refractivity contribution in [2.75, 3.05) is 98.0 Å². The van der Waals surface area contributed by atoms with Gasteiger partial charge in [-0.15, -0.1) is 0 Å². The van der Waals surface area contributed by atoms with Gasteiger partial charge in [0.1, 0.15) is 39.8 Å². The Morgan fingerprint density at radius 3 is 1.58 bits per heavy atom. The number of ether oxygens (including phenoxy) is 2. The summed E-state index contributed by atoms with van der Waals surface area (Å²) in [6.45, 7) is 28.1. The fourth-order valence-electron chi connectivity index (χ4n) is 15.9. The lowest BCUT2D eigenvalue weighted by atomic mass is 9.97. The first-order valence-corrected chi connectivity index (χ1v) is 44.4. The molecule has 0 saturated carbocycles. The molecule has 9 N–H and O–H groups in total. The number of pyridine rings is 6. The first-order valence-electron chi connectivity index (χ1n) is 38.6. The zero-order valence-corrected chi connectivity index (χ0v) is 70.9. The monoisotopic (exact) mass is 1660 g/mol. The van der Waals surface area contributed by atoms with E-state index in [4.69, 9.17) is 41.6 Å². The minimum Gasteiger partial charge on any atom is -0.384 e. The summed E-state index contributed by atoms with van der Waals surface area (Å²) in [6, 6.07) is 33.2. The van der Waals surface area contributed by atoms with Crippen molar-refractivity contribution in [2.24, 2.45) is 17.8 Å². The molecule has 11 heterocycles. The molecule has 30 nitrogen and oxygen atoms in total. The van der Waals surface area contributed by atoms with E-state index in [9.17, 15) is 48.1 Å². The fourth-order valence-corrected chi connectivity index (χ4v) is 20.5. The summed E-state index contributed by atoms with van der Waals surface area (Å²) in [5, 5.41) is -0.697. The highest BCUT2D eigenvalue weighted by molar-refractivity contribution is 7.90. The zero-order valence-electron chi connectivity index (χ0n) is 67.6. The number of nitrogens with two attached hydrogens (primary N) is 3. The number of hydrogen-bond donors (Lipinski definition) is 6. The van der Waals surface area contributed by atoms with E-state index in [1.54, 1.807) is 47.9 Å². The molecular weight excluding hydrogens is 1560 g/mol. The number of rotatable bonds is 22. The topological polar surface area (TPSA) is 414 Å². The minimum atomic E-state index is -4.30. The van der Waals surface area contributed by atoms with Gasteiger partial charge in [0.15, 0.2) is 10.1 Å². The van der Waals surface area contributed by atoms with Gasteiger partial charge in [0, 0.05) is 93.1 Å². The summed E-state index contributed by atoms with van der Waals surface area (Å²) in [6.07, 6.45) is 11.1. The maximum Gasteiger partial charge on any atom is 0.282 e. The molecule has 13 rings (SSSR count). The second-order valence-electron chi connectivity index (χ2n) is 32.2. The molecule has 0 aliphatic carbocycles. The van der Waals surface area contributed by atoms with Crippen LogP contribution in [-0.4, -0.2) is 173 Å². The number of sulfonamides is 3. The van der Waals surface area contributed by atoms with E-state index in [1.807, 2.05) is 67.3 Å². The van der Waals surface area contributed by atoms with Crippen molar-refractivity contribution in [1.82, 2.24) is 52.7 Å². The molecule has 8 aromatic rings. The van der Waals surface area contributed by atoms with Gasteiger partial charge in [-0.05, 0) is 212 Å². The Morgan fingerprint density at radius 2 is 1.04 bits per heavy atom. The van der Waals surface area contributed by atoms with E-state index in [2.05, 4.69) is 101 Å². The van der Waals surface area contributed by atoms with Crippen LogP contribution in [0.3, 0.4) is 0 Å². The van der Waals surface area contributed by atoms with E-state index < -0.39 is 58.0 Å². The molecule has 34 heteroatoms. The summed E-state index contributed by atoms with van der Waals surface area (Å²) in [7, 11) is -14.8. The molecule has 620 valence electrons. The average molecular weight is 1670 g/mol. The highest BCUT2D eigenvalue weighted by atomic mass is 32.2. The summed E-state index contributed by atoms with van der Waals surface area (Å²) in [5.74, 6) is -0.176. The van der Waals surface area contributed by atoms with Crippen molar-refractivity contribution in [3.63, 3.8) is 0 Å². The summed E-state index contributed by atoms with van der Waals surface area (Å²) < 4.78 is 125. The first-order chi connectivity index (χ1) is 54.7. The molecule has 4 fully saturated rings. The van der Waals surface area contributed by atoms with Gasteiger partial charge in [-0.3, -0.25) is 14.4 Å². The summed E-state index contributed by atoms with van der Waals surface area (Å²) >= 11 is 0. The van der Waals surface area contributed by atoms with Gasteiger partial charge in [-0.2, -0.15) is 33.9 Å². The molecule has 5 aliphatic rings. The number of carbonyl (C=O) groups is 3. The number of methoxy groups -OCH3 is 1. The van der Waals surface area contributed by atoms with Crippen LogP contribution in [0.15, 0.2) is 155 Å². The molecule has 0 spiro atoms. The maximum absolute atomic E-state index is 13.6. The number of aromatic nitrogens is 6. The van der Waals surface area contributed by atoms with Gasteiger partial charge < -0.3 is 41.4 Å². The van der Waals surface area contributed by atoms with Crippen LogP contribution in [0.1, 0.15) is 161 Å². The minimum absolute atomic E-state index is 0.0157. The Kier molecular flexibility index (Phi) is 26.5. The lowest BCUT2D eigenvalue weighted by molar-refractivity contribution is 0.0617. The number of piperidine rings is 1. The van der Waals surface area contributed by atoms with Crippen LogP contribution >= 0.6 is 0 Å². The Morgan fingerprint density at radius 1 is 0.526 bits per heavy atom. The highest BCUT2D eigenvalue weighted by Gasteiger charge is 2.44. The van der Waals surface area contributed by atoms with Gasteiger partial charge in [0.25, 0.3) is 58.0 Å². The molecule has 2 aromatic carbocycles. The molecule has 0 bridgehead atoms. The normalized spacial score (nSPS) is 18.9. The lowest BCUT2D eigenvalue weighted by Crippen LogP contribution is -2.47. The predicted molar refractivity (Wildman–Crippen MR) is 449 cm³/mol. The van der Waals surface area contributed by atoms with Crippen molar-refractivity contribution in [3.05, 3.63) is 179 Å². The number of amides is 3. The number of carbonyl (C=O) groups excluding carboxylic acids is 3. The van der Waals surface area contributed by atoms with Crippen LogP contribution < -0.4 is 46.1 Å². The first kappa shape index (κ1) is 86.8. The summed E-state index contributed by atoms with van der Waals surface area (Å²) in [4.78, 5) is 72.5. The van der Waals surface area contributed by atoms with Crippen LogP contribution in [0, 0.1) is 31.6 Å². The fraction of sp³-hybridized carbons (Fsp3) is 0.427. The van der Waals surface area contributed by atoms with Crippen molar-refractivity contribution in [1.29, 1.82) is 0 Å². The standard InChI is InChI=1S/C28H39N7O5S2.C28H35N5O5S.C26H31N5O3S/c1-20-17-28(2,3)35(18-20)26-22(27(36)32-41(37,38)25-11-7-10-24(29)31-25)12-13-23(30-26)21-9-8-16-34(19-21)42(39,40)33-14-5-4-6-15-33;1-19-15-28(2,3)33(17-19)26-23(27(34)32-39(35,36)25-10-6-9-24(29)31-25)14-22(16-30-26)21-8-5-7-20(13-21)18-38-12-11-37-4;1-16-14-26(4,5)31(15-16)24-20(11-12-21(29-24)19-9-6-8-17(2)18(19)3)25(32)30-35(33,34)22-10-7-13-28-23(22)27/h7,9-13,20H,4-6,8,14-19H2,1-3H3,(H2,29,31)(H,32,36);5-10,13-14,16,19H,11-12,15,17-18H2,1-4H3,(H2,29,31)(H,32,34);6-13,16H,14-15H2,1-5H3,(H2,27,28)(H,30,32)/t20-;;16-/m0.0/s1. The second kappa shape index (κ2) is 35.4. The molecule has 6 aromatic heterocycles. The van der Waals surface area contributed by atoms with Crippen LogP contribution in [0.4, 0.5) is 34.9 Å².